The smallest absolute Gasteiger partial charge is 0.243 e. The minimum atomic E-state index is -3.74. The number of hydrogen-bond acceptors (Lipinski definition) is 4. The Morgan fingerprint density at radius 1 is 0.860 bits per heavy atom. The molecule has 3 aromatic carbocycles. The number of nitrogens with zero attached hydrogens (tertiary/aromatic N) is 2. The van der Waals surface area contributed by atoms with Crippen LogP contribution < -0.4 is 9.62 Å². The van der Waals surface area contributed by atoms with E-state index < -0.39 is 16.1 Å². The molecule has 3 rings (SSSR count). The van der Waals surface area contributed by atoms with E-state index in [-0.39, 0.29) is 60.8 Å². The number of carbonyl (C=O) groups excluding carboxylic acids is 2. The summed E-state index contributed by atoms with van der Waals surface area (Å²) in [5.74, 6) is -0.396. The van der Waals surface area contributed by atoms with Crippen LogP contribution >= 0.6 is 46.4 Å². The third-order valence-corrected chi connectivity index (χ3v) is 9.10. The zero-order valence-corrected chi connectivity index (χ0v) is 28.0. The Morgan fingerprint density at radius 2 is 1.53 bits per heavy atom. The van der Waals surface area contributed by atoms with Crippen LogP contribution in [0.3, 0.4) is 0 Å². The second-order valence-electron chi connectivity index (χ2n) is 10.6. The molecular formula is C31H35Cl4N3O4S. The first-order valence-electron chi connectivity index (χ1n) is 13.7. The molecule has 1 atom stereocenters. The molecule has 0 aromatic heterocycles. The molecule has 232 valence electrons. The van der Waals surface area contributed by atoms with Crippen molar-refractivity contribution in [2.45, 2.75) is 45.7 Å². The molecule has 0 fully saturated rings. The van der Waals surface area contributed by atoms with Gasteiger partial charge in [0.2, 0.25) is 21.8 Å². The highest BCUT2D eigenvalue weighted by atomic mass is 35.5. The average molecular weight is 688 g/mol. The fourth-order valence-electron chi connectivity index (χ4n) is 4.47. The van der Waals surface area contributed by atoms with E-state index in [1.54, 1.807) is 24.3 Å². The van der Waals surface area contributed by atoms with Crippen molar-refractivity contribution < 1.29 is 18.0 Å². The number of anilines is 1. The van der Waals surface area contributed by atoms with Crippen molar-refractivity contribution in [3.63, 3.8) is 0 Å². The quantitative estimate of drug-likeness (QED) is 0.193. The highest BCUT2D eigenvalue weighted by Crippen LogP contribution is 2.31. The lowest BCUT2D eigenvalue weighted by Crippen LogP contribution is -2.51. The Balaban J connectivity index is 1.92. The molecule has 0 unspecified atom stereocenters. The van der Waals surface area contributed by atoms with Gasteiger partial charge in [-0.3, -0.25) is 13.9 Å². The van der Waals surface area contributed by atoms with E-state index in [0.717, 1.165) is 16.1 Å². The predicted octanol–water partition coefficient (Wildman–Crippen LogP) is 7.26. The summed E-state index contributed by atoms with van der Waals surface area (Å²) in [6, 6.07) is 18.2. The average Bonchev–Trinajstić information content (AvgIpc) is 2.94. The van der Waals surface area contributed by atoms with Gasteiger partial charge >= 0.3 is 0 Å². The maximum Gasteiger partial charge on any atom is 0.243 e. The molecule has 0 saturated carbocycles. The molecule has 7 nitrogen and oxygen atoms in total. The van der Waals surface area contributed by atoms with E-state index in [4.69, 9.17) is 46.4 Å². The third-order valence-electron chi connectivity index (χ3n) is 6.62. The highest BCUT2D eigenvalue weighted by Gasteiger charge is 2.31. The Morgan fingerprint density at radius 3 is 2.16 bits per heavy atom. The summed E-state index contributed by atoms with van der Waals surface area (Å²) in [4.78, 5) is 29.1. The molecule has 0 heterocycles. The largest absolute Gasteiger partial charge is 0.354 e. The Labute approximate surface area is 274 Å². The molecule has 3 aromatic rings. The fraction of sp³-hybridized carbons (Fsp3) is 0.355. The van der Waals surface area contributed by atoms with Crippen molar-refractivity contribution in [1.29, 1.82) is 0 Å². The summed E-state index contributed by atoms with van der Waals surface area (Å²) < 4.78 is 26.5. The molecule has 0 saturated heterocycles. The maximum absolute atomic E-state index is 13.9. The molecule has 43 heavy (non-hydrogen) atoms. The monoisotopic (exact) mass is 685 g/mol. The Bertz CT molecular complexity index is 1520. The van der Waals surface area contributed by atoms with Crippen molar-refractivity contribution in [3.05, 3.63) is 97.9 Å². The molecule has 2 amide bonds. The van der Waals surface area contributed by atoms with Crippen LogP contribution in [0.4, 0.5) is 5.69 Å². The van der Waals surface area contributed by atoms with Crippen LogP contribution in [-0.2, 0) is 32.6 Å². The molecule has 12 heteroatoms. The van der Waals surface area contributed by atoms with Gasteiger partial charge in [0.25, 0.3) is 0 Å². The van der Waals surface area contributed by atoms with Crippen LogP contribution in [0.5, 0.6) is 0 Å². The zero-order valence-electron chi connectivity index (χ0n) is 24.2. The molecule has 0 spiro atoms. The molecule has 0 radical (unpaired) electrons. The van der Waals surface area contributed by atoms with Crippen molar-refractivity contribution in [1.82, 2.24) is 10.2 Å². The normalized spacial score (nSPS) is 12.2. The lowest BCUT2D eigenvalue weighted by Gasteiger charge is -2.32. The minimum Gasteiger partial charge on any atom is -0.354 e. The summed E-state index contributed by atoms with van der Waals surface area (Å²) in [5.41, 5.74) is 1.81. The summed E-state index contributed by atoms with van der Waals surface area (Å²) in [6.07, 6.45) is 1.48. The number of carbonyl (C=O) groups is 2. The number of halogens is 4. The first kappa shape index (κ1) is 35.0. The fourth-order valence-corrected chi connectivity index (χ4v) is 6.20. The number of hydrogen-bond donors (Lipinski definition) is 1. The summed E-state index contributed by atoms with van der Waals surface area (Å²) in [6.45, 7) is 4.50. The topological polar surface area (TPSA) is 86.8 Å². The van der Waals surface area contributed by atoms with E-state index in [2.05, 4.69) is 5.32 Å². The van der Waals surface area contributed by atoms with E-state index in [9.17, 15) is 18.0 Å². The van der Waals surface area contributed by atoms with E-state index in [0.29, 0.717) is 27.2 Å². The number of sulfonamides is 1. The highest BCUT2D eigenvalue weighted by molar-refractivity contribution is 7.92. The lowest BCUT2D eigenvalue weighted by molar-refractivity contribution is -0.141. The summed E-state index contributed by atoms with van der Waals surface area (Å²) in [5, 5.41) is 4.22. The van der Waals surface area contributed by atoms with Crippen LogP contribution in [0, 0.1) is 5.92 Å². The predicted molar refractivity (Wildman–Crippen MR) is 177 cm³/mol. The van der Waals surface area contributed by atoms with E-state index in [1.807, 2.05) is 44.2 Å². The van der Waals surface area contributed by atoms with Gasteiger partial charge in [0.1, 0.15) is 6.04 Å². The Hall–Kier alpha value is -2.49. The van der Waals surface area contributed by atoms with Crippen molar-refractivity contribution in [3.8, 4) is 0 Å². The first-order chi connectivity index (χ1) is 20.3. The van der Waals surface area contributed by atoms with Gasteiger partial charge in [-0.15, -0.1) is 0 Å². The summed E-state index contributed by atoms with van der Waals surface area (Å²) >= 11 is 24.8. The van der Waals surface area contributed by atoms with E-state index >= 15 is 0 Å². The van der Waals surface area contributed by atoms with Crippen LogP contribution in [-0.4, -0.2) is 50.5 Å². The van der Waals surface area contributed by atoms with Gasteiger partial charge in [-0.2, -0.15) is 0 Å². The SMILES string of the molecule is CC(C)CNC(=O)[C@@H](Cc1ccccc1)N(Cc1ccc(Cl)c(Cl)c1)C(=O)CCCN(c1cc(Cl)ccc1Cl)S(C)(=O)=O. The molecule has 0 aliphatic heterocycles. The van der Waals surface area contributed by atoms with Gasteiger partial charge in [0.05, 0.1) is 27.0 Å². The second kappa shape index (κ2) is 16.0. The molecule has 0 bridgehead atoms. The van der Waals surface area contributed by atoms with Gasteiger partial charge < -0.3 is 10.2 Å². The van der Waals surface area contributed by atoms with Crippen molar-refractivity contribution in [2.75, 3.05) is 23.7 Å². The van der Waals surface area contributed by atoms with Gasteiger partial charge in [-0.05, 0) is 53.8 Å². The van der Waals surface area contributed by atoms with Crippen LogP contribution in [0.15, 0.2) is 66.7 Å². The second-order valence-corrected chi connectivity index (χ2v) is 14.2. The van der Waals surface area contributed by atoms with Crippen molar-refractivity contribution in [2.24, 2.45) is 5.92 Å². The van der Waals surface area contributed by atoms with Crippen LogP contribution in [0.1, 0.15) is 37.8 Å². The zero-order chi connectivity index (χ0) is 31.7. The first-order valence-corrected chi connectivity index (χ1v) is 17.1. The van der Waals surface area contributed by atoms with Gasteiger partial charge in [-0.25, -0.2) is 8.42 Å². The minimum absolute atomic E-state index is 0.0197. The van der Waals surface area contributed by atoms with Crippen LogP contribution in [0.25, 0.3) is 0 Å². The van der Waals surface area contributed by atoms with E-state index in [1.165, 1.54) is 17.0 Å². The summed E-state index contributed by atoms with van der Waals surface area (Å²) in [7, 11) is -3.74. The van der Waals surface area contributed by atoms with Gasteiger partial charge in [0.15, 0.2) is 0 Å². The lowest BCUT2D eigenvalue weighted by atomic mass is 10.0. The number of benzene rings is 3. The number of nitrogens with one attached hydrogen (secondary N) is 1. The number of rotatable bonds is 14. The van der Waals surface area contributed by atoms with Crippen LogP contribution in [0.2, 0.25) is 20.1 Å². The standard InChI is InChI=1S/C31H35Cl4N3O4S/c1-21(2)19-36-31(40)29(17-22-8-5-4-6-9-22)37(20-23-11-13-25(33)27(35)16-23)30(39)10-7-15-38(43(3,41)42)28-18-24(32)12-14-26(28)34/h4-6,8-9,11-14,16,18,21,29H,7,10,15,17,19-20H2,1-3H3,(H,36,40)/t29-/m1/s1. The third kappa shape index (κ3) is 10.6. The van der Waals surface area contributed by atoms with Crippen molar-refractivity contribution >= 4 is 73.9 Å². The maximum atomic E-state index is 13.9. The Kier molecular flexibility index (Phi) is 13.0. The molecule has 1 N–H and O–H groups in total. The molecular weight excluding hydrogens is 652 g/mol. The van der Waals surface area contributed by atoms with Gasteiger partial charge in [0, 0.05) is 37.5 Å². The number of amides is 2. The molecule has 0 aliphatic rings. The van der Waals surface area contributed by atoms with Gasteiger partial charge in [-0.1, -0.05) is 96.6 Å². The molecule has 0 aliphatic carbocycles.